The predicted octanol–water partition coefficient (Wildman–Crippen LogP) is 2.99. The summed E-state index contributed by atoms with van der Waals surface area (Å²) in [5.74, 6) is 1.75. The van der Waals surface area contributed by atoms with Gasteiger partial charge in [-0.2, -0.15) is 4.98 Å². The summed E-state index contributed by atoms with van der Waals surface area (Å²) in [6, 6.07) is 8.28. The quantitative estimate of drug-likeness (QED) is 0.741. The van der Waals surface area contributed by atoms with Crippen LogP contribution in [-0.2, 0) is 0 Å². The molecule has 138 valence electrons. The Hall–Kier alpha value is -3.42. The van der Waals surface area contributed by atoms with Gasteiger partial charge in [0.15, 0.2) is 11.5 Å². The molecule has 8 heteroatoms. The summed E-state index contributed by atoms with van der Waals surface area (Å²) in [7, 11) is 0. The zero-order chi connectivity index (χ0) is 18.8. The number of hydrogen-bond donors (Lipinski definition) is 1. The first-order valence-corrected chi connectivity index (χ1v) is 8.56. The molecule has 0 saturated heterocycles. The van der Waals surface area contributed by atoms with Gasteiger partial charge in [-0.3, -0.25) is 9.78 Å². The van der Waals surface area contributed by atoms with Crippen LogP contribution in [-0.4, -0.2) is 27.8 Å². The van der Waals surface area contributed by atoms with Gasteiger partial charge in [-0.25, -0.2) is 0 Å². The second-order valence-electron chi connectivity index (χ2n) is 6.46. The number of carbonyl (C=O) groups excluding carboxylic acids is 1. The molecule has 1 aromatic carbocycles. The van der Waals surface area contributed by atoms with E-state index < -0.39 is 6.04 Å². The molecule has 3 aromatic rings. The number of ether oxygens (including phenoxy) is 2. The Morgan fingerprint density at radius 2 is 2.04 bits per heavy atom. The van der Waals surface area contributed by atoms with Crippen LogP contribution in [0.3, 0.4) is 0 Å². The molecule has 0 fully saturated rings. The summed E-state index contributed by atoms with van der Waals surface area (Å²) in [5, 5.41) is 6.96. The normalized spacial score (nSPS) is 13.6. The zero-order valence-corrected chi connectivity index (χ0v) is 14.9. The van der Waals surface area contributed by atoms with Gasteiger partial charge in [0.1, 0.15) is 6.04 Å². The highest BCUT2D eigenvalue weighted by Gasteiger charge is 2.26. The number of aromatic nitrogens is 3. The van der Waals surface area contributed by atoms with Crippen LogP contribution in [0.4, 0.5) is 0 Å². The summed E-state index contributed by atoms with van der Waals surface area (Å²) >= 11 is 0. The third-order valence-electron chi connectivity index (χ3n) is 4.22. The Kier molecular flexibility index (Phi) is 4.45. The van der Waals surface area contributed by atoms with Crippen molar-refractivity contribution in [2.24, 2.45) is 5.92 Å². The lowest BCUT2D eigenvalue weighted by Gasteiger charge is -2.18. The van der Waals surface area contributed by atoms with E-state index in [0.717, 1.165) is 5.56 Å². The molecule has 2 aromatic heterocycles. The minimum absolute atomic E-state index is 0.0464. The Morgan fingerprint density at radius 3 is 2.81 bits per heavy atom. The molecule has 1 aliphatic heterocycles. The molecule has 1 amide bonds. The maximum Gasteiger partial charge on any atom is 0.252 e. The van der Waals surface area contributed by atoms with Crippen molar-refractivity contribution in [1.82, 2.24) is 20.4 Å². The average molecular weight is 366 g/mol. The number of fused-ring (bicyclic) bond motifs is 1. The first-order valence-electron chi connectivity index (χ1n) is 8.56. The fraction of sp³-hybridized carbons (Fsp3) is 0.263. The third-order valence-corrected chi connectivity index (χ3v) is 4.22. The minimum Gasteiger partial charge on any atom is -0.454 e. The van der Waals surface area contributed by atoms with Crippen molar-refractivity contribution in [3.05, 3.63) is 54.2 Å². The van der Waals surface area contributed by atoms with Gasteiger partial charge >= 0.3 is 0 Å². The molecule has 4 rings (SSSR count). The SMILES string of the molecule is CC(C)C(NC(=O)c1ccc2c(c1)OCO2)c1nc(-c2cccnc2)no1. The number of amides is 1. The Bertz CT molecular complexity index is 955. The molecule has 1 aliphatic rings. The van der Waals surface area contributed by atoms with Crippen LogP contribution in [0.5, 0.6) is 11.5 Å². The lowest BCUT2D eigenvalue weighted by atomic mass is 10.0. The molecule has 1 unspecified atom stereocenters. The second-order valence-corrected chi connectivity index (χ2v) is 6.46. The van der Waals surface area contributed by atoms with E-state index in [2.05, 4.69) is 20.4 Å². The largest absolute Gasteiger partial charge is 0.454 e. The number of pyridine rings is 1. The monoisotopic (exact) mass is 366 g/mol. The van der Waals surface area contributed by atoms with Crippen LogP contribution in [0.25, 0.3) is 11.4 Å². The molecule has 0 spiro atoms. The maximum atomic E-state index is 12.7. The first kappa shape index (κ1) is 17.0. The smallest absolute Gasteiger partial charge is 0.252 e. The fourth-order valence-electron chi connectivity index (χ4n) is 2.75. The highest BCUT2D eigenvalue weighted by Crippen LogP contribution is 2.33. The second kappa shape index (κ2) is 7.06. The van der Waals surface area contributed by atoms with Crippen LogP contribution < -0.4 is 14.8 Å². The van der Waals surface area contributed by atoms with Crippen molar-refractivity contribution in [2.45, 2.75) is 19.9 Å². The maximum absolute atomic E-state index is 12.7. The molecule has 0 radical (unpaired) electrons. The standard InChI is InChI=1S/C19H18N4O4/c1-11(2)16(19-22-17(23-27-19)13-4-3-7-20-9-13)21-18(24)12-5-6-14-15(8-12)26-10-25-14/h3-9,11,16H,10H2,1-2H3,(H,21,24). The number of carbonyl (C=O) groups is 1. The Morgan fingerprint density at radius 1 is 1.19 bits per heavy atom. The van der Waals surface area contributed by atoms with E-state index in [0.29, 0.717) is 28.8 Å². The van der Waals surface area contributed by atoms with Gasteiger partial charge < -0.3 is 19.3 Å². The number of benzene rings is 1. The molecular formula is C19H18N4O4. The lowest BCUT2D eigenvalue weighted by Crippen LogP contribution is -2.32. The molecule has 1 N–H and O–H groups in total. The number of nitrogens with one attached hydrogen (secondary N) is 1. The molecule has 1 atom stereocenters. The molecule has 0 aliphatic carbocycles. The molecular weight excluding hydrogens is 348 g/mol. The highest BCUT2D eigenvalue weighted by atomic mass is 16.7. The Balaban J connectivity index is 1.55. The van der Waals surface area contributed by atoms with E-state index in [1.165, 1.54) is 0 Å². The summed E-state index contributed by atoms with van der Waals surface area (Å²) in [6.45, 7) is 4.10. The predicted molar refractivity (Wildman–Crippen MR) is 95.1 cm³/mol. The molecule has 8 nitrogen and oxygen atoms in total. The van der Waals surface area contributed by atoms with E-state index in [4.69, 9.17) is 14.0 Å². The zero-order valence-electron chi connectivity index (χ0n) is 14.9. The molecule has 0 saturated carbocycles. The molecule has 0 bridgehead atoms. The van der Waals surface area contributed by atoms with Gasteiger partial charge in [0, 0.05) is 23.5 Å². The van der Waals surface area contributed by atoms with E-state index in [1.54, 1.807) is 36.7 Å². The molecule has 3 heterocycles. The average Bonchev–Trinajstić information content (AvgIpc) is 3.35. The molecule has 27 heavy (non-hydrogen) atoms. The van der Waals surface area contributed by atoms with Crippen molar-refractivity contribution in [3.8, 4) is 22.9 Å². The summed E-state index contributed by atoms with van der Waals surface area (Å²) in [6.07, 6.45) is 3.33. The fourth-order valence-corrected chi connectivity index (χ4v) is 2.75. The van der Waals surface area contributed by atoms with E-state index in [-0.39, 0.29) is 18.6 Å². The van der Waals surface area contributed by atoms with Gasteiger partial charge in [0.25, 0.3) is 5.91 Å². The first-order chi connectivity index (χ1) is 13.1. The number of nitrogens with zero attached hydrogens (tertiary/aromatic N) is 3. The van der Waals surface area contributed by atoms with Crippen LogP contribution in [0.15, 0.2) is 47.2 Å². The Labute approximate surface area is 155 Å². The highest BCUT2D eigenvalue weighted by molar-refractivity contribution is 5.95. The van der Waals surface area contributed by atoms with E-state index in [9.17, 15) is 4.79 Å². The van der Waals surface area contributed by atoms with Crippen molar-refractivity contribution in [1.29, 1.82) is 0 Å². The van der Waals surface area contributed by atoms with Crippen molar-refractivity contribution < 1.29 is 18.8 Å². The van der Waals surface area contributed by atoms with Crippen molar-refractivity contribution in [2.75, 3.05) is 6.79 Å². The van der Waals surface area contributed by atoms with Gasteiger partial charge in [-0.05, 0) is 36.2 Å². The van der Waals surface area contributed by atoms with Crippen molar-refractivity contribution in [3.63, 3.8) is 0 Å². The summed E-state index contributed by atoms with van der Waals surface area (Å²) in [4.78, 5) is 21.2. The van der Waals surface area contributed by atoms with Crippen LogP contribution in [0.1, 0.15) is 36.1 Å². The van der Waals surface area contributed by atoms with Gasteiger partial charge in [-0.1, -0.05) is 19.0 Å². The van der Waals surface area contributed by atoms with Crippen LogP contribution in [0, 0.1) is 5.92 Å². The number of hydrogen-bond acceptors (Lipinski definition) is 7. The van der Waals surface area contributed by atoms with Gasteiger partial charge in [-0.15, -0.1) is 0 Å². The lowest BCUT2D eigenvalue weighted by molar-refractivity contribution is 0.0913. The summed E-state index contributed by atoms with van der Waals surface area (Å²) < 4.78 is 16.0. The van der Waals surface area contributed by atoms with Crippen LogP contribution in [0.2, 0.25) is 0 Å². The van der Waals surface area contributed by atoms with Crippen molar-refractivity contribution >= 4 is 5.91 Å². The van der Waals surface area contributed by atoms with E-state index >= 15 is 0 Å². The number of rotatable bonds is 5. The van der Waals surface area contributed by atoms with E-state index in [1.807, 2.05) is 19.9 Å². The van der Waals surface area contributed by atoms with Gasteiger partial charge in [0.2, 0.25) is 18.5 Å². The summed E-state index contributed by atoms with van der Waals surface area (Å²) in [5.41, 5.74) is 1.22. The third kappa shape index (κ3) is 3.46. The topological polar surface area (TPSA) is 99.4 Å². The van der Waals surface area contributed by atoms with Gasteiger partial charge in [0.05, 0.1) is 0 Å². The van der Waals surface area contributed by atoms with Crippen LogP contribution >= 0.6 is 0 Å². The minimum atomic E-state index is -0.430.